The van der Waals surface area contributed by atoms with E-state index in [9.17, 15) is 0 Å². The number of benzene rings is 1. The number of hydrogen-bond donors (Lipinski definition) is 1. The summed E-state index contributed by atoms with van der Waals surface area (Å²) in [5.74, 6) is 1.44. The molecular formula is C13H19N3O2. The third kappa shape index (κ3) is 3.92. The van der Waals surface area contributed by atoms with Gasteiger partial charge in [-0.25, -0.2) is 4.99 Å². The summed E-state index contributed by atoms with van der Waals surface area (Å²) in [4.78, 5) is 6.34. The maximum absolute atomic E-state index is 5.89. The van der Waals surface area contributed by atoms with Crippen molar-refractivity contribution in [2.45, 2.75) is 0 Å². The van der Waals surface area contributed by atoms with Crippen LogP contribution in [0.5, 0.6) is 5.75 Å². The number of aliphatic imine (C=N–C) groups is 1. The molecule has 0 radical (unpaired) electrons. The third-order valence-corrected chi connectivity index (χ3v) is 2.71. The van der Waals surface area contributed by atoms with Crippen molar-refractivity contribution in [2.75, 3.05) is 39.5 Å². The number of nitrogens with two attached hydrogens (primary N) is 1. The van der Waals surface area contributed by atoms with Crippen molar-refractivity contribution in [3.05, 3.63) is 30.3 Å². The molecule has 1 aromatic carbocycles. The van der Waals surface area contributed by atoms with Crippen molar-refractivity contribution in [1.82, 2.24) is 4.90 Å². The van der Waals surface area contributed by atoms with E-state index >= 15 is 0 Å². The van der Waals surface area contributed by atoms with Gasteiger partial charge in [-0.15, -0.1) is 0 Å². The van der Waals surface area contributed by atoms with E-state index in [4.69, 9.17) is 15.2 Å². The van der Waals surface area contributed by atoms with Gasteiger partial charge in [0.2, 0.25) is 0 Å². The van der Waals surface area contributed by atoms with E-state index in [0.29, 0.717) is 19.1 Å². The molecule has 1 heterocycles. The summed E-state index contributed by atoms with van der Waals surface area (Å²) in [7, 11) is 0. The Morgan fingerprint density at radius 2 is 2.00 bits per heavy atom. The molecule has 0 amide bonds. The summed E-state index contributed by atoms with van der Waals surface area (Å²) in [5, 5.41) is 0. The summed E-state index contributed by atoms with van der Waals surface area (Å²) < 4.78 is 10.8. The first kappa shape index (κ1) is 12.7. The molecule has 1 aliphatic heterocycles. The van der Waals surface area contributed by atoms with Crippen LogP contribution in [0.1, 0.15) is 0 Å². The van der Waals surface area contributed by atoms with Crippen molar-refractivity contribution in [3.8, 4) is 5.75 Å². The van der Waals surface area contributed by atoms with Gasteiger partial charge in [-0.3, -0.25) is 0 Å². The smallest absolute Gasteiger partial charge is 0.191 e. The predicted molar refractivity (Wildman–Crippen MR) is 70.8 cm³/mol. The van der Waals surface area contributed by atoms with Crippen LogP contribution >= 0.6 is 0 Å². The zero-order valence-electron chi connectivity index (χ0n) is 10.4. The van der Waals surface area contributed by atoms with Crippen molar-refractivity contribution in [2.24, 2.45) is 10.7 Å². The van der Waals surface area contributed by atoms with E-state index in [1.807, 2.05) is 35.2 Å². The average Bonchev–Trinajstić information content (AvgIpc) is 2.45. The molecular weight excluding hydrogens is 230 g/mol. The van der Waals surface area contributed by atoms with Crippen molar-refractivity contribution < 1.29 is 9.47 Å². The number of hydrogen-bond acceptors (Lipinski definition) is 3. The molecule has 5 heteroatoms. The van der Waals surface area contributed by atoms with Crippen LogP contribution in [0.3, 0.4) is 0 Å². The molecule has 1 saturated heterocycles. The SMILES string of the molecule is NC(=NCCOc1ccccc1)N1CCOCC1. The monoisotopic (exact) mass is 249 g/mol. The Kier molecular flexibility index (Phi) is 4.84. The van der Waals surface area contributed by atoms with Gasteiger partial charge in [0.15, 0.2) is 5.96 Å². The standard InChI is InChI=1S/C13H19N3O2/c14-13(16-7-10-17-11-8-16)15-6-9-18-12-4-2-1-3-5-12/h1-5H,6-11H2,(H2,14,15). The van der Waals surface area contributed by atoms with E-state index < -0.39 is 0 Å². The molecule has 2 rings (SSSR count). The van der Waals surface area contributed by atoms with Crippen LogP contribution in [0.4, 0.5) is 0 Å². The second-order valence-corrected chi connectivity index (χ2v) is 4.00. The summed E-state index contributed by atoms with van der Waals surface area (Å²) >= 11 is 0. The Morgan fingerprint density at radius 3 is 2.72 bits per heavy atom. The predicted octanol–water partition coefficient (Wildman–Crippen LogP) is 0.712. The van der Waals surface area contributed by atoms with Gasteiger partial charge in [0, 0.05) is 13.1 Å². The lowest BCUT2D eigenvalue weighted by atomic mass is 10.3. The molecule has 18 heavy (non-hydrogen) atoms. The Labute approximate surface area is 107 Å². The Balaban J connectivity index is 1.70. The fraction of sp³-hybridized carbons (Fsp3) is 0.462. The summed E-state index contributed by atoms with van der Waals surface area (Å²) in [6, 6.07) is 9.70. The van der Waals surface area contributed by atoms with Crippen molar-refractivity contribution >= 4 is 5.96 Å². The second-order valence-electron chi connectivity index (χ2n) is 4.00. The summed E-state index contributed by atoms with van der Waals surface area (Å²) in [6.45, 7) is 4.17. The van der Waals surface area contributed by atoms with Gasteiger partial charge in [-0.2, -0.15) is 0 Å². The minimum Gasteiger partial charge on any atom is -0.492 e. The number of guanidine groups is 1. The second kappa shape index (κ2) is 6.86. The molecule has 1 fully saturated rings. The molecule has 0 spiro atoms. The van der Waals surface area contributed by atoms with Gasteiger partial charge in [-0.1, -0.05) is 18.2 Å². The largest absolute Gasteiger partial charge is 0.492 e. The molecule has 0 aromatic heterocycles. The molecule has 0 unspecified atom stereocenters. The summed E-state index contributed by atoms with van der Waals surface area (Å²) in [6.07, 6.45) is 0. The zero-order chi connectivity index (χ0) is 12.6. The maximum Gasteiger partial charge on any atom is 0.191 e. The molecule has 1 aliphatic rings. The lowest BCUT2D eigenvalue weighted by Crippen LogP contribution is -2.45. The Morgan fingerprint density at radius 1 is 1.28 bits per heavy atom. The minimum absolute atomic E-state index is 0.537. The van der Waals surface area contributed by atoms with Crippen LogP contribution in [0.2, 0.25) is 0 Å². The highest BCUT2D eigenvalue weighted by atomic mass is 16.5. The zero-order valence-corrected chi connectivity index (χ0v) is 10.4. The highest BCUT2D eigenvalue weighted by Gasteiger charge is 2.11. The molecule has 0 saturated carbocycles. The van der Waals surface area contributed by atoms with Gasteiger partial charge in [0.05, 0.1) is 19.8 Å². The first-order valence-corrected chi connectivity index (χ1v) is 6.17. The lowest BCUT2D eigenvalue weighted by Gasteiger charge is -2.27. The van der Waals surface area contributed by atoms with Crippen molar-refractivity contribution in [1.29, 1.82) is 0 Å². The fourth-order valence-electron chi connectivity index (χ4n) is 1.73. The fourth-order valence-corrected chi connectivity index (χ4v) is 1.73. The lowest BCUT2D eigenvalue weighted by molar-refractivity contribution is 0.0674. The van der Waals surface area contributed by atoms with Crippen LogP contribution in [0, 0.1) is 0 Å². The number of nitrogens with zero attached hydrogens (tertiary/aromatic N) is 2. The third-order valence-electron chi connectivity index (χ3n) is 2.71. The number of morpholine rings is 1. The van der Waals surface area contributed by atoms with Gasteiger partial charge in [0.1, 0.15) is 12.4 Å². The van der Waals surface area contributed by atoms with E-state index in [2.05, 4.69) is 4.99 Å². The van der Waals surface area contributed by atoms with E-state index in [0.717, 1.165) is 32.1 Å². The van der Waals surface area contributed by atoms with Gasteiger partial charge < -0.3 is 20.1 Å². The molecule has 5 nitrogen and oxygen atoms in total. The maximum atomic E-state index is 5.89. The normalized spacial score (nSPS) is 16.7. The van der Waals surface area contributed by atoms with E-state index in [1.54, 1.807) is 0 Å². The van der Waals surface area contributed by atoms with Gasteiger partial charge in [0.25, 0.3) is 0 Å². The van der Waals surface area contributed by atoms with E-state index in [-0.39, 0.29) is 0 Å². The topological polar surface area (TPSA) is 60.1 Å². The summed E-state index contributed by atoms with van der Waals surface area (Å²) in [5.41, 5.74) is 5.89. The molecule has 0 atom stereocenters. The van der Waals surface area contributed by atoms with Crippen molar-refractivity contribution in [3.63, 3.8) is 0 Å². The number of rotatable bonds is 4. The highest BCUT2D eigenvalue weighted by molar-refractivity contribution is 5.78. The Bertz CT molecular complexity index is 375. The molecule has 2 N–H and O–H groups in total. The van der Waals surface area contributed by atoms with Crippen LogP contribution in [-0.4, -0.2) is 50.3 Å². The van der Waals surface area contributed by atoms with Gasteiger partial charge in [-0.05, 0) is 12.1 Å². The van der Waals surface area contributed by atoms with Crippen LogP contribution < -0.4 is 10.5 Å². The highest BCUT2D eigenvalue weighted by Crippen LogP contribution is 2.07. The molecule has 98 valence electrons. The molecule has 0 bridgehead atoms. The average molecular weight is 249 g/mol. The first-order valence-electron chi connectivity index (χ1n) is 6.17. The Hall–Kier alpha value is -1.75. The van der Waals surface area contributed by atoms with E-state index in [1.165, 1.54) is 0 Å². The minimum atomic E-state index is 0.537. The van der Waals surface area contributed by atoms with Crippen LogP contribution in [0.15, 0.2) is 35.3 Å². The number of para-hydroxylation sites is 1. The van der Waals surface area contributed by atoms with Crippen LogP contribution in [0.25, 0.3) is 0 Å². The van der Waals surface area contributed by atoms with Crippen LogP contribution in [-0.2, 0) is 4.74 Å². The van der Waals surface area contributed by atoms with Gasteiger partial charge >= 0.3 is 0 Å². The number of ether oxygens (including phenoxy) is 2. The quantitative estimate of drug-likeness (QED) is 0.485. The molecule has 0 aliphatic carbocycles. The molecule has 1 aromatic rings. The first-order chi connectivity index (χ1) is 8.86.